The summed E-state index contributed by atoms with van der Waals surface area (Å²) in [5.41, 5.74) is 3.04. The molecule has 1 amide bonds. The number of nitrogens with one attached hydrogen (secondary N) is 1. The van der Waals surface area contributed by atoms with Crippen LogP contribution in [0.2, 0.25) is 0 Å². The molecule has 1 aromatic heterocycles. The number of thioether (sulfide) groups is 1. The number of carbonyl (C=O) groups excluding carboxylic acids is 1. The first-order valence-corrected chi connectivity index (χ1v) is 11.5. The number of hydrogen-bond donors (Lipinski definition) is 1. The number of benzene rings is 2. The second-order valence-corrected chi connectivity index (χ2v) is 8.82. The van der Waals surface area contributed by atoms with E-state index in [-0.39, 0.29) is 5.91 Å². The van der Waals surface area contributed by atoms with Crippen LogP contribution in [-0.2, 0) is 12.2 Å². The third kappa shape index (κ3) is 6.58. The minimum absolute atomic E-state index is 0.161. The molecule has 0 unspecified atom stereocenters. The maximum Gasteiger partial charge on any atom is 0.257 e. The Morgan fingerprint density at radius 3 is 2.69 bits per heavy atom. The second kappa shape index (κ2) is 11.0. The Kier molecular flexibility index (Phi) is 8.07. The highest BCUT2D eigenvalue weighted by Crippen LogP contribution is 2.29. The lowest BCUT2D eigenvalue weighted by Crippen LogP contribution is -2.11. The summed E-state index contributed by atoms with van der Waals surface area (Å²) in [6.45, 7) is 2.20. The highest BCUT2D eigenvalue weighted by atomic mass is 32.2. The molecule has 0 aliphatic carbocycles. The minimum Gasteiger partial charge on any atom is -0.497 e. The molecule has 0 bridgehead atoms. The summed E-state index contributed by atoms with van der Waals surface area (Å²) in [6, 6.07) is 15.7. The highest BCUT2D eigenvalue weighted by molar-refractivity contribution is 8.00. The van der Waals surface area contributed by atoms with E-state index >= 15 is 0 Å². The molecule has 0 saturated carbocycles. The molecule has 7 heteroatoms. The quantitative estimate of drug-likeness (QED) is 0.251. The molecule has 152 valence electrons. The zero-order valence-corrected chi connectivity index (χ0v) is 18.3. The van der Waals surface area contributed by atoms with Crippen LogP contribution in [-0.4, -0.2) is 23.2 Å². The first kappa shape index (κ1) is 21.3. The summed E-state index contributed by atoms with van der Waals surface area (Å²) in [5, 5.41) is 11.6. The van der Waals surface area contributed by atoms with Gasteiger partial charge >= 0.3 is 0 Å². The zero-order valence-electron chi connectivity index (χ0n) is 16.7. The van der Waals surface area contributed by atoms with Gasteiger partial charge in [-0.1, -0.05) is 67.1 Å². The molecule has 0 atom stereocenters. The van der Waals surface area contributed by atoms with E-state index in [0.29, 0.717) is 10.7 Å². The van der Waals surface area contributed by atoms with Crippen molar-refractivity contribution in [3.05, 3.63) is 65.2 Å². The van der Waals surface area contributed by atoms with E-state index in [1.54, 1.807) is 18.9 Å². The van der Waals surface area contributed by atoms with Gasteiger partial charge in [-0.3, -0.25) is 10.1 Å². The maximum atomic E-state index is 12.5. The maximum absolute atomic E-state index is 12.5. The Morgan fingerprint density at radius 2 is 1.93 bits per heavy atom. The Bertz CT molecular complexity index is 926. The van der Waals surface area contributed by atoms with Crippen molar-refractivity contribution in [2.45, 2.75) is 42.7 Å². The van der Waals surface area contributed by atoms with Gasteiger partial charge in [-0.2, -0.15) is 0 Å². The number of unbranched alkanes of at least 4 members (excludes halogenated alkanes) is 2. The number of anilines is 1. The average molecular weight is 428 g/mol. The molecule has 0 saturated heterocycles. The monoisotopic (exact) mass is 427 g/mol. The van der Waals surface area contributed by atoms with E-state index in [1.165, 1.54) is 36.2 Å². The van der Waals surface area contributed by atoms with Gasteiger partial charge in [0.15, 0.2) is 4.34 Å². The summed E-state index contributed by atoms with van der Waals surface area (Å²) in [4.78, 5) is 12.5. The summed E-state index contributed by atoms with van der Waals surface area (Å²) < 4.78 is 6.06. The van der Waals surface area contributed by atoms with Crippen LogP contribution < -0.4 is 10.1 Å². The van der Waals surface area contributed by atoms with Crippen molar-refractivity contribution in [2.75, 3.05) is 12.4 Å². The fraction of sp³-hybridized carbons (Fsp3) is 0.318. The van der Waals surface area contributed by atoms with Crippen LogP contribution in [0.1, 0.15) is 47.7 Å². The van der Waals surface area contributed by atoms with Crippen LogP contribution in [0.4, 0.5) is 5.13 Å². The van der Waals surface area contributed by atoms with Gasteiger partial charge in [0.2, 0.25) is 5.13 Å². The van der Waals surface area contributed by atoms with Crippen LogP contribution in [0.15, 0.2) is 52.9 Å². The highest BCUT2D eigenvalue weighted by Gasteiger charge is 2.11. The van der Waals surface area contributed by atoms with Gasteiger partial charge in [0, 0.05) is 11.3 Å². The molecule has 3 aromatic rings. The molecule has 5 nitrogen and oxygen atoms in total. The van der Waals surface area contributed by atoms with Gasteiger partial charge in [0.1, 0.15) is 5.75 Å². The fourth-order valence-electron chi connectivity index (χ4n) is 2.80. The van der Waals surface area contributed by atoms with E-state index in [1.807, 2.05) is 48.5 Å². The zero-order chi connectivity index (χ0) is 20.5. The number of ether oxygens (including phenoxy) is 1. The number of aryl methyl sites for hydroxylation is 1. The number of aromatic nitrogens is 2. The molecule has 2 aromatic carbocycles. The van der Waals surface area contributed by atoms with Gasteiger partial charge in [-0.25, -0.2) is 0 Å². The second-order valence-electron chi connectivity index (χ2n) is 6.62. The Labute approximate surface area is 179 Å². The number of rotatable bonds is 10. The molecule has 1 N–H and O–H groups in total. The molecule has 0 aliphatic heterocycles. The molecular weight excluding hydrogens is 402 g/mol. The Balaban J connectivity index is 1.51. The number of methoxy groups -OCH3 is 1. The number of carbonyl (C=O) groups is 1. The van der Waals surface area contributed by atoms with Crippen molar-refractivity contribution in [1.82, 2.24) is 10.2 Å². The first-order valence-electron chi connectivity index (χ1n) is 9.67. The summed E-state index contributed by atoms with van der Waals surface area (Å²) >= 11 is 2.97. The average Bonchev–Trinajstić information content (AvgIpc) is 3.20. The smallest absolute Gasteiger partial charge is 0.257 e. The van der Waals surface area contributed by atoms with Crippen molar-refractivity contribution in [3.63, 3.8) is 0 Å². The van der Waals surface area contributed by atoms with Crippen molar-refractivity contribution < 1.29 is 9.53 Å². The molecule has 0 spiro atoms. The van der Waals surface area contributed by atoms with E-state index in [0.717, 1.165) is 27.8 Å². The van der Waals surface area contributed by atoms with E-state index in [4.69, 9.17) is 4.74 Å². The minimum atomic E-state index is -0.161. The van der Waals surface area contributed by atoms with Crippen LogP contribution in [0.25, 0.3) is 0 Å². The predicted molar refractivity (Wildman–Crippen MR) is 120 cm³/mol. The van der Waals surface area contributed by atoms with Crippen LogP contribution in [0, 0.1) is 0 Å². The van der Waals surface area contributed by atoms with Crippen molar-refractivity contribution >= 4 is 34.1 Å². The van der Waals surface area contributed by atoms with Crippen LogP contribution in [0.3, 0.4) is 0 Å². The van der Waals surface area contributed by atoms with E-state index < -0.39 is 0 Å². The third-order valence-corrected chi connectivity index (χ3v) is 6.45. The SMILES string of the molecule is CCCCCc1ccc(C(=O)Nc2nnc(SCc3cccc(OC)c3)s2)cc1. The van der Waals surface area contributed by atoms with E-state index in [2.05, 4.69) is 22.4 Å². The van der Waals surface area contributed by atoms with Gasteiger partial charge in [0.25, 0.3) is 5.91 Å². The van der Waals surface area contributed by atoms with Gasteiger partial charge in [-0.05, 0) is 48.2 Å². The van der Waals surface area contributed by atoms with Crippen LogP contribution in [0.5, 0.6) is 5.75 Å². The lowest BCUT2D eigenvalue weighted by molar-refractivity contribution is 0.102. The predicted octanol–water partition coefficient (Wildman–Crippen LogP) is 5.82. The number of hydrogen-bond acceptors (Lipinski definition) is 6. The van der Waals surface area contributed by atoms with Gasteiger partial charge in [0.05, 0.1) is 7.11 Å². The molecule has 0 aliphatic rings. The van der Waals surface area contributed by atoms with Crippen LogP contribution >= 0.6 is 23.1 Å². The van der Waals surface area contributed by atoms with E-state index in [9.17, 15) is 4.79 Å². The van der Waals surface area contributed by atoms with Crippen molar-refractivity contribution in [3.8, 4) is 5.75 Å². The number of nitrogens with zero attached hydrogens (tertiary/aromatic N) is 2. The molecule has 0 fully saturated rings. The summed E-state index contributed by atoms with van der Waals surface area (Å²) in [7, 11) is 1.66. The lowest BCUT2D eigenvalue weighted by atomic mass is 10.1. The standard InChI is InChI=1S/C22H25N3O2S2/c1-3-4-5-7-16-10-12-18(13-11-16)20(26)23-21-24-25-22(29-21)28-15-17-8-6-9-19(14-17)27-2/h6,8-14H,3-5,7,15H2,1-2H3,(H,23,24,26). The molecule has 29 heavy (non-hydrogen) atoms. The lowest BCUT2D eigenvalue weighted by Gasteiger charge is -2.04. The molecule has 0 radical (unpaired) electrons. The molecule has 3 rings (SSSR count). The molecular formula is C22H25N3O2S2. The largest absolute Gasteiger partial charge is 0.497 e. The first-order chi connectivity index (χ1) is 14.2. The normalized spacial score (nSPS) is 10.7. The fourth-order valence-corrected chi connectivity index (χ4v) is 4.49. The Morgan fingerprint density at radius 1 is 1.10 bits per heavy atom. The van der Waals surface area contributed by atoms with Crippen molar-refractivity contribution in [1.29, 1.82) is 0 Å². The number of amides is 1. The van der Waals surface area contributed by atoms with Gasteiger partial charge in [-0.15, -0.1) is 10.2 Å². The summed E-state index contributed by atoms with van der Waals surface area (Å²) in [6.07, 6.45) is 4.68. The topological polar surface area (TPSA) is 64.1 Å². The summed E-state index contributed by atoms with van der Waals surface area (Å²) in [5.74, 6) is 1.44. The van der Waals surface area contributed by atoms with Crippen molar-refractivity contribution in [2.24, 2.45) is 0 Å². The Hall–Kier alpha value is -2.38. The van der Waals surface area contributed by atoms with Gasteiger partial charge < -0.3 is 4.74 Å². The third-order valence-electron chi connectivity index (χ3n) is 4.41. The molecule has 1 heterocycles.